The van der Waals surface area contributed by atoms with E-state index in [1.807, 2.05) is 0 Å². The van der Waals surface area contributed by atoms with Crippen LogP contribution >= 0.6 is 0 Å². The maximum atomic E-state index is 10.2. The molecule has 1 aromatic rings. The standard InChI is InChI=1S/C6H5BNO4.C6H14O2/c9-7-12-6-3-1-5(2-4-6)8(10)11;1-5(2,7)6(3,4)8/h1-4,9H;7-8H,1-4H3. The van der Waals surface area contributed by atoms with Gasteiger partial charge in [0.25, 0.3) is 5.69 Å². The van der Waals surface area contributed by atoms with Crippen molar-refractivity contribution in [3.63, 3.8) is 0 Å². The molecule has 0 fully saturated rings. The molecule has 1 rings (SSSR count). The first-order valence-electron chi connectivity index (χ1n) is 5.81. The lowest BCUT2D eigenvalue weighted by atomic mass is 9.90. The third-order valence-corrected chi connectivity index (χ3v) is 2.73. The van der Waals surface area contributed by atoms with Crippen molar-refractivity contribution in [3.05, 3.63) is 34.4 Å². The van der Waals surface area contributed by atoms with Gasteiger partial charge >= 0.3 is 7.69 Å². The molecule has 0 saturated carbocycles. The number of nitro benzene ring substituents is 1. The maximum Gasteiger partial charge on any atom is 0.569 e. The predicted molar refractivity (Wildman–Crippen MR) is 74.3 cm³/mol. The quantitative estimate of drug-likeness (QED) is 0.432. The first-order chi connectivity index (χ1) is 8.99. The molecule has 0 aliphatic heterocycles. The minimum absolute atomic E-state index is 0.0136. The van der Waals surface area contributed by atoms with Gasteiger partial charge in [-0.05, 0) is 39.8 Å². The van der Waals surface area contributed by atoms with E-state index < -0.39 is 16.1 Å². The molecule has 1 aromatic carbocycles. The summed E-state index contributed by atoms with van der Waals surface area (Å²) in [6, 6.07) is 5.37. The lowest BCUT2D eigenvalue weighted by Crippen LogP contribution is -2.44. The van der Waals surface area contributed by atoms with E-state index in [2.05, 4.69) is 4.65 Å². The van der Waals surface area contributed by atoms with Gasteiger partial charge in [0, 0.05) is 12.1 Å². The molecule has 0 aromatic heterocycles. The topological polar surface area (TPSA) is 113 Å². The number of hydrogen-bond donors (Lipinski definition) is 3. The second-order valence-corrected chi connectivity index (χ2v) is 5.09. The summed E-state index contributed by atoms with van der Waals surface area (Å²) in [6.07, 6.45) is 0. The van der Waals surface area contributed by atoms with Crippen LogP contribution in [0.4, 0.5) is 5.69 Å². The van der Waals surface area contributed by atoms with Gasteiger partial charge in [-0.25, -0.2) is 0 Å². The Morgan fingerprint density at radius 1 is 1.10 bits per heavy atom. The fraction of sp³-hybridized carbons (Fsp3) is 0.500. The minimum Gasteiger partial charge on any atom is -0.537 e. The van der Waals surface area contributed by atoms with E-state index in [1.54, 1.807) is 27.7 Å². The normalized spacial score (nSPS) is 11.2. The van der Waals surface area contributed by atoms with Crippen molar-refractivity contribution in [3.8, 4) is 5.75 Å². The monoisotopic (exact) mass is 284 g/mol. The molecule has 3 N–H and O–H groups in total. The molecule has 8 heteroatoms. The third kappa shape index (κ3) is 6.51. The largest absolute Gasteiger partial charge is 0.569 e. The Balaban J connectivity index is 0.000000396. The lowest BCUT2D eigenvalue weighted by Gasteiger charge is -2.31. The van der Waals surface area contributed by atoms with Crippen molar-refractivity contribution >= 4 is 13.4 Å². The molecule has 0 aliphatic carbocycles. The van der Waals surface area contributed by atoms with Crippen molar-refractivity contribution in [1.82, 2.24) is 0 Å². The van der Waals surface area contributed by atoms with E-state index in [4.69, 9.17) is 15.2 Å². The van der Waals surface area contributed by atoms with Gasteiger partial charge in [-0.3, -0.25) is 10.1 Å². The number of nitrogens with zero attached hydrogens (tertiary/aromatic N) is 1. The Morgan fingerprint density at radius 3 is 1.75 bits per heavy atom. The average molecular weight is 284 g/mol. The van der Waals surface area contributed by atoms with Crippen molar-refractivity contribution in [2.45, 2.75) is 38.9 Å². The molecule has 111 valence electrons. The molecular weight excluding hydrogens is 265 g/mol. The molecule has 0 spiro atoms. The Bertz CT molecular complexity index is 409. The van der Waals surface area contributed by atoms with Crippen LogP contribution in [-0.2, 0) is 0 Å². The highest BCUT2D eigenvalue weighted by Crippen LogP contribution is 2.19. The van der Waals surface area contributed by atoms with Gasteiger partial charge in [0.2, 0.25) is 0 Å². The number of aliphatic hydroxyl groups is 2. The van der Waals surface area contributed by atoms with Crippen LogP contribution in [-0.4, -0.2) is 39.0 Å². The summed E-state index contributed by atoms with van der Waals surface area (Å²) in [6.45, 7) is 6.31. The Hall–Kier alpha value is -1.64. The van der Waals surface area contributed by atoms with E-state index in [-0.39, 0.29) is 5.69 Å². The SMILES string of the molecule is CC(C)(O)C(C)(C)O.O=[N+]([O-])c1ccc(O[B]O)cc1. The van der Waals surface area contributed by atoms with Crippen LogP contribution in [0.2, 0.25) is 0 Å². The number of non-ortho nitro benzene ring substituents is 1. The first kappa shape index (κ1) is 18.4. The Labute approximate surface area is 118 Å². The lowest BCUT2D eigenvalue weighted by molar-refractivity contribution is -0.384. The fourth-order valence-corrected chi connectivity index (χ4v) is 0.707. The second kappa shape index (κ2) is 7.23. The fourth-order valence-electron chi connectivity index (χ4n) is 0.707. The van der Waals surface area contributed by atoms with Crippen LogP contribution in [0.25, 0.3) is 0 Å². The van der Waals surface area contributed by atoms with Gasteiger partial charge in [-0.15, -0.1) is 0 Å². The molecule has 0 atom stereocenters. The van der Waals surface area contributed by atoms with E-state index in [9.17, 15) is 10.1 Å². The van der Waals surface area contributed by atoms with Crippen LogP contribution in [0, 0.1) is 10.1 Å². The molecule has 7 nitrogen and oxygen atoms in total. The number of benzene rings is 1. The summed E-state index contributed by atoms with van der Waals surface area (Å²) in [5.74, 6) is 0.350. The van der Waals surface area contributed by atoms with Crippen molar-refractivity contribution in [2.24, 2.45) is 0 Å². The van der Waals surface area contributed by atoms with E-state index >= 15 is 0 Å². The Kier molecular flexibility index (Phi) is 6.64. The van der Waals surface area contributed by atoms with Gasteiger partial charge in [0.05, 0.1) is 16.1 Å². The molecule has 0 aliphatic rings. The predicted octanol–water partition coefficient (Wildman–Crippen LogP) is 1.03. The highest BCUT2D eigenvalue weighted by atomic mass is 16.6. The van der Waals surface area contributed by atoms with Gasteiger partial charge in [-0.1, -0.05) is 0 Å². The summed E-state index contributed by atoms with van der Waals surface area (Å²) in [7, 11) is 0.515. The smallest absolute Gasteiger partial charge is 0.537 e. The van der Waals surface area contributed by atoms with Crippen LogP contribution in [0.15, 0.2) is 24.3 Å². The van der Waals surface area contributed by atoms with E-state index in [0.29, 0.717) is 13.4 Å². The van der Waals surface area contributed by atoms with Gasteiger partial charge in [0.1, 0.15) is 5.75 Å². The van der Waals surface area contributed by atoms with Gasteiger partial charge < -0.3 is 19.9 Å². The third-order valence-electron chi connectivity index (χ3n) is 2.73. The van der Waals surface area contributed by atoms with Crippen LogP contribution in [0.3, 0.4) is 0 Å². The zero-order chi connectivity index (χ0) is 16.0. The van der Waals surface area contributed by atoms with Crippen molar-refractivity contribution in [2.75, 3.05) is 0 Å². The molecule has 0 bridgehead atoms. The van der Waals surface area contributed by atoms with E-state index in [0.717, 1.165) is 0 Å². The zero-order valence-corrected chi connectivity index (χ0v) is 11.9. The molecule has 0 saturated heterocycles. The maximum absolute atomic E-state index is 10.2. The van der Waals surface area contributed by atoms with Crippen LogP contribution < -0.4 is 4.65 Å². The van der Waals surface area contributed by atoms with Crippen molar-refractivity contribution in [1.29, 1.82) is 0 Å². The molecular formula is C12H19BNO6. The number of rotatable bonds is 4. The second-order valence-electron chi connectivity index (χ2n) is 5.09. The highest BCUT2D eigenvalue weighted by Gasteiger charge is 2.31. The summed E-state index contributed by atoms with van der Waals surface area (Å²) in [4.78, 5) is 9.67. The zero-order valence-electron chi connectivity index (χ0n) is 11.9. The summed E-state index contributed by atoms with van der Waals surface area (Å²) in [5.41, 5.74) is -2.03. The minimum atomic E-state index is -1.01. The molecule has 1 radical (unpaired) electrons. The van der Waals surface area contributed by atoms with E-state index in [1.165, 1.54) is 24.3 Å². The molecule has 0 heterocycles. The van der Waals surface area contributed by atoms with Crippen LogP contribution in [0.1, 0.15) is 27.7 Å². The summed E-state index contributed by atoms with van der Waals surface area (Å²) >= 11 is 0. The molecule has 0 amide bonds. The highest BCUT2D eigenvalue weighted by molar-refractivity contribution is 6.17. The molecule has 0 unspecified atom stereocenters. The molecule has 20 heavy (non-hydrogen) atoms. The van der Waals surface area contributed by atoms with Crippen LogP contribution in [0.5, 0.6) is 5.75 Å². The van der Waals surface area contributed by atoms with Gasteiger partial charge in [-0.2, -0.15) is 0 Å². The average Bonchev–Trinajstić information content (AvgIpc) is 2.28. The first-order valence-corrected chi connectivity index (χ1v) is 5.81. The number of hydrogen-bond acceptors (Lipinski definition) is 6. The summed E-state index contributed by atoms with van der Waals surface area (Å²) in [5, 5.41) is 36.6. The van der Waals surface area contributed by atoms with Gasteiger partial charge in [0.15, 0.2) is 0 Å². The summed E-state index contributed by atoms with van der Waals surface area (Å²) < 4.78 is 4.55. The van der Waals surface area contributed by atoms with Crippen molar-refractivity contribution < 1.29 is 24.8 Å². The number of nitro groups is 1. The Morgan fingerprint density at radius 2 is 1.50 bits per heavy atom.